The van der Waals surface area contributed by atoms with Crippen LogP contribution in [-0.2, 0) is 4.74 Å². The van der Waals surface area contributed by atoms with E-state index in [1.54, 1.807) is 6.92 Å². The molecule has 0 bridgehead atoms. The van der Waals surface area contributed by atoms with Gasteiger partial charge in [-0.1, -0.05) is 0 Å². The van der Waals surface area contributed by atoms with Gasteiger partial charge in [0.05, 0.1) is 6.61 Å². The lowest BCUT2D eigenvalue weighted by molar-refractivity contribution is 0.0621. The van der Waals surface area contributed by atoms with Gasteiger partial charge in [-0.3, -0.25) is 0 Å². The molecule has 6 nitrogen and oxygen atoms in total. The van der Waals surface area contributed by atoms with Crippen molar-refractivity contribution >= 4 is 5.97 Å². The van der Waals surface area contributed by atoms with Crippen LogP contribution >= 0.6 is 0 Å². The predicted molar refractivity (Wildman–Crippen MR) is 53.9 cm³/mol. The molecule has 1 rings (SSSR count). The largest absolute Gasteiger partial charge is 0.484 e. The van der Waals surface area contributed by atoms with Crippen molar-refractivity contribution in [3.63, 3.8) is 0 Å². The van der Waals surface area contributed by atoms with E-state index in [0.29, 0.717) is 6.61 Å². The van der Waals surface area contributed by atoms with Crippen LogP contribution in [0.4, 0.5) is 0 Å². The van der Waals surface area contributed by atoms with E-state index in [2.05, 4.69) is 4.42 Å². The smallest absolute Gasteiger partial charge is 0.375 e. The van der Waals surface area contributed by atoms with Crippen LogP contribution in [0, 0.1) is 0 Å². The molecule has 0 saturated heterocycles. The molecule has 1 atom stereocenters. The van der Waals surface area contributed by atoms with Crippen molar-refractivity contribution in [2.45, 2.75) is 13.0 Å². The zero-order chi connectivity index (χ0) is 12.1. The van der Waals surface area contributed by atoms with E-state index < -0.39 is 17.4 Å². The SMILES string of the molecule is COC[C@H](C)Oc1ccc(=O)oc1C(=O)O. The van der Waals surface area contributed by atoms with Gasteiger partial charge in [-0.05, 0) is 13.0 Å². The summed E-state index contributed by atoms with van der Waals surface area (Å²) >= 11 is 0. The molecule has 0 aliphatic rings. The molecule has 16 heavy (non-hydrogen) atoms. The number of aromatic carboxylic acids is 1. The van der Waals surface area contributed by atoms with Gasteiger partial charge in [-0.2, -0.15) is 0 Å². The number of ether oxygens (including phenoxy) is 2. The highest BCUT2D eigenvalue weighted by Crippen LogP contribution is 2.17. The zero-order valence-corrected chi connectivity index (χ0v) is 8.93. The van der Waals surface area contributed by atoms with Gasteiger partial charge in [-0.15, -0.1) is 0 Å². The molecule has 0 aliphatic carbocycles. The topological polar surface area (TPSA) is 86.0 Å². The number of carbonyl (C=O) groups is 1. The van der Waals surface area contributed by atoms with E-state index in [1.807, 2.05) is 0 Å². The van der Waals surface area contributed by atoms with Crippen LogP contribution < -0.4 is 10.4 Å². The molecule has 1 heterocycles. The van der Waals surface area contributed by atoms with Crippen LogP contribution in [0.2, 0.25) is 0 Å². The molecular weight excluding hydrogens is 216 g/mol. The van der Waals surface area contributed by atoms with Gasteiger partial charge in [0.15, 0.2) is 5.75 Å². The second kappa shape index (κ2) is 5.32. The predicted octanol–water partition coefficient (Wildman–Crippen LogP) is 0.752. The van der Waals surface area contributed by atoms with Crippen LogP contribution in [-0.4, -0.2) is 30.9 Å². The van der Waals surface area contributed by atoms with E-state index in [-0.39, 0.29) is 11.9 Å². The third-order valence-corrected chi connectivity index (χ3v) is 1.72. The lowest BCUT2D eigenvalue weighted by atomic mass is 10.3. The van der Waals surface area contributed by atoms with E-state index in [1.165, 1.54) is 13.2 Å². The molecule has 1 aromatic rings. The lowest BCUT2D eigenvalue weighted by Gasteiger charge is -2.13. The Labute approximate surface area is 91.4 Å². The van der Waals surface area contributed by atoms with Crippen LogP contribution in [0.3, 0.4) is 0 Å². The van der Waals surface area contributed by atoms with Crippen LogP contribution in [0.5, 0.6) is 5.75 Å². The average Bonchev–Trinajstić information content (AvgIpc) is 2.20. The van der Waals surface area contributed by atoms with Crippen molar-refractivity contribution in [2.75, 3.05) is 13.7 Å². The first-order valence-corrected chi connectivity index (χ1v) is 4.57. The molecule has 0 aromatic carbocycles. The Bertz CT molecular complexity index is 422. The molecule has 0 unspecified atom stereocenters. The van der Waals surface area contributed by atoms with Crippen molar-refractivity contribution in [3.05, 3.63) is 28.3 Å². The Balaban J connectivity index is 2.95. The Kier molecular flexibility index (Phi) is 4.07. The van der Waals surface area contributed by atoms with E-state index in [0.717, 1.165) is 6.07 Å². The molecule has 0 spiro atoms. The highest BCUT2D eigenvalue weighted by molar-refractivity contribution is 5.87. The monoisotopic (exact) mass is 228 g/mol. The maximum absolute atomic E-state index is 10.8. The molecule has 0 fully saturated rings. The van der Waals surface area contributed by atoms with Crippen molar-refractivity contribution in [1.29, 1.82) is 0 Å². The third-order valence-electron chi connectivity index (χ3n) is 1.72. The summed E-state index contributed by atoms with van der Waals surface area (Å²) in [5.41, 5.74) is -0.732. The van der Waals surface area contributed by atoms with Gasteiger partial charge in [-0.25, -0.2) is 9.59 Å². The van der Waals surface area contributed by atoms with Gasteiger partial charge in [0.25, 0.3) is 5.76 Å². The van der Waals surface area contributed by atoms with Crippen LogP contribution in [0.1, 0.15) is 17.5 Å². The molecule has 0 amide bonds. The molecule has 6 heteroatoms. The van der Waals surface area contributed by atoms with Crippen LogP contribution in [0.15, 0.2) is 21.3 Å². The van der Waals surface area contributed by atoms with Crippen LogP contribution in [0.25, 0.3) is 0 Å². The normalized spacial score (nSPS) is 12.1. The molecule has 0 saturated carbocycles. The van der Waals surface area contributed by atoms with Gasteiger partial charge in [0, 0.05) is 13.2 Å². The summed E-state index contributed by atoms with van der Waals surface area (Å²) < 4.78 is 14.6. The van der Waals surface area contributed by atoms with Crippen molar-refractivity contribution < 1.29 is 23.8 Å². The van der Waals surface area contributed by atoms with Gasteiger partial charge < -0.3 is 19.0 Å². The lowest BCUT2D eigenvalue weighted by Crippen LogP contribution is -2.20. The van der Waals surface area contributed by atoms with Crippen molar-refractivity contribution in [3.8, 4) is 5.75 Å². The number of methoxy groups -OCH3 is 1. The first-order valence-electron chi connectivity index (χ1n) is 4.57. The van der Waals surface area contributed by atoms with Gasteiger partial charge in [0.2, 0.25) is 0 Å². The molecule has 1 aromatic heterocycles. The number of hydrogen-bond acceptors (Lipinski definition) is 5. The summed E-state index contributed by atoms with van der Waals surface area (Å²) in [6.07, 6.45) is -0.337. The number of carboxylic acids is 1. The fourth-order valence-corrected chi connectivity index (χ4v) is 1.13. The average molecular weight is 228 g/mol. The molecular formula is C10H12O6. The summed E-state index contributed by atoms with van der Waals surface area (Å²) in [5.74, 6) is -1.84. The minimum absolute atomic E-state index is 0.0108. The summed E-state index contributed by atoms with van der Waals surface area (Å²) in [7, 11) is 1.50. The summed E-state index contributed by atoms with van der Waals surface area (Å²) in [4.78, 5) is 21.6. The Morgan fingerprint density at radius 2 is 2.25 bits per heavy atom. The zero-order valence-electron chi connectivity index (χ0n) is 8.93. The second-order valence-electron chi connectivity index (χ2n) is 3.14. The molecule has 1 N–H and O–H groups in total. The maximum Gasteiger partial charge on any atom is 0.375 e. The Morgan fingerprint density at radius 1 is 1.56 bits per heavy atom. The highest BCUT2D eigenvalue weighted by atomic mass is 16.5. The van der Waals surface area contributed by atoms with Gasteiger partial charge >= 0.3 is 11.6 Å². The quantitative estimate of drug-likeness (QED) is 0.800. The fraction of sp³-hybridized carbons (Fsp3) is 0.400. The van der Waals surface area contributed by atoms with E-state index in [9.17, 15) is 9.59 Å². The van der Waals surface area contributed by atoms with E-state index in [4.69, 9.17) is 14.6 Å². The first kappa shape index (κ1) is 12.3. The summed E-state index contributed by atoms with van der Waals surface area (Å²) in [6, 6.07) is 2.36. The van der Waals surface area contributed by atoms with Crippen molar-refractivity contribution in [1.82, 2.24) is 0 Å². The molecule has 0 aliphatic heterocycles. The fourth-order valence-electron chi connectivity index (χ4n) is 1.13. The van der Waals surface area contributed by atoms with Gasteiger partial charge in [0.1, 0.15) is 6.10 Å². The Morgan fingerprint density at radius 3 is 2.81 bits per heavy atom. The molecule has 88 valence electrons. The summed E-state index contributed by atoms with van der Waals surface area (Å²) in [6.45, 7) is 2.01. The third kappa shape index (κ3) is 3.09. The van der Waals surface area contributed by atoms with Crippen molar-refractivity contribution in [2.24, 2.45) is 0 Å². The second-order valence-corrected chi connectivity index (χ2v) is 3.14. The minimum atomic E-state index is -1.35. The first-order chi connectivity index (χ1) is 7.54. The summed E-state index contributed by atoms with van der Waals surface area (Å²) in [5, 5.41) is 8.79. The number of carboxylic acid groups (broad SMARTS) is 1. The number of hydrogen-bond donors (Lipinski definition) is 1. The minimum Gasteiger partial charge on any atom is -0.484 e. The highest BCUT2D eigenvalue weighted by Gasteiger charge is 2.17. The standard InChI is InChI=1S/C10H12O6/c1-6(5-14-2)15-7-3-4-8(11)16-9(7)10(12)13/h3-4,6H,5H2,1-2H3,(H,12,13)/t6-/m0/s1. The molecule has 0 radical (unpaired) electrons. The maximum atomic E-state index is 10.8. The number of rotatable bonds is 5. The Hall–Kier alpha value is -1.82. The van der Waals surface area contributed by atoms with E-state index >= 15 is 0 Å².